The standard InChI is InChI=1S/C11H24N2/c1-2-10-9-11(10)13-8-6-4-3-5-7-12/h10-11,13H,2-9,12H2,1H3. The zero-order valence-corrected chi connectivity index (χ0v) is 8.89. The van der Waals surface area contributed by atoms with Gasteiger partial charge in [0.1, 0.15) is 0 Å². The van der Waals surface area contributed by atoms with Crippen LogP contribution in [0.3, 0.4) is 0 Å². The molecule has 0 saturated heterocycles. The molecule has 1 aliphatic carbocycles. The van der Waals surface area contributed by atoms with Crippen molar-refractivity contribution in [3.63, 3.8) is 0 Å². The largest absolute Gasteiger partial charge is 0.330 e. The molecular weight excluding hydrogens is 160 g/mol. The molecule has 78 valence electrons. The molecule has 1 rings (SSSR count). The molecule has 1 fully saturated rings. The van der Waals surface area contributed by atoms with Crippen LogP contribution in [0.5, 0.6) is 0 Å². The molecule has 0 spiro atoms. The highest BCUT2D eigenvalue weighted by atomic mass is 15.0. The van der Waals surface area contributed by atoms with Crippen molar-refractivity contribution in [3.8, 4) is 0 Å². The zero-order valence-electron chi connectivity index (χ0n) is 8.89. The average molecular weight is 184 g/mol. The molecule has 0 aromatic heterocycles. The van der Waals surface area contributed by atoms with Gasteiger partial charge in [0.25, 0.3) is 0 Å². The van der Waals surface area contributed by atoms with Gasteiger partial charge in [-0.1, -0.05) is 26.2 Å². The first-order valence-corrected chi connectivity index (χ1v) is 5.82. The molecule has 2 heteroatoms. The van der Waals surface area contributed by atoms with E-state index < -0.39 is 0 Å². The SMILES string of the molecule is CCC1CC1NCCCCCCN. The van der Waals surface area contributed by atoms with Crippen molar-refractivity contribution in [1.82, 2.24) is 5.32 Å². The minimum Gasteiger partial charge on any atom is -0.330 e. The summed E-state index contributed by atoms with van der Waals surface area (Å²) in [5, 5.41) is 3.60. The van der Waals surface area contributed by atoms with Crippen LogP contribution < -0.4 is 11.1 Å². The third kappa shape index (κ3) is 4.63. The first-order valence-electron chi connectivity index (χ1n) is 5.82. The summed E-state index contributed by atoms with van der Waals surface area (Å²) < 4.78 is 0. The van der Waals surface area contributed by atoms with Crippen LogP contribution in [-0.4, -0.2) is 19.1 Å². The number of unbranched alkanes of at least 4 members (excludes halogenated alkanes) is 3. The summed E-state index contributed by atoms with van der Waals surface area (Å²) in [4.78, 5) is 0. The smallest absolute Gasteiger partial charge is 0.00990 e. The van der Waals surface area contributed by atoms with Crippen molar-refractivity contribution >= 4 is 0 Å². The number of hydrogen-bond acceptors (Lipinski definition) is 2. The molecule has 1 aliphatic rings. The lowest BCUT2D eigenvalue weighted by molar-refractivity contribution is 0.567. The second-order valence-corrected chi connectivity index (χ2v) is 4.17. The van der Waals surface area contributed by atoms with Crippen molar-refractivity contribution in [2.24, 2.45) is 11.7 Å². The predicted octanol–water partition coefficient (Wildman–Crippen LogP) is 1.89. The Morgan fingerprint density at radius 3 is 2.62 bits per heavy atom. The quantitative estimate of drug-likeness (QED) is 0.565. The second kappa shape index (κ2) is 6.39. The van der Waals surface area contributed by atoms with Crippen molar-refractivity contribution < 1.29 is 0 Å². The van der Waals surface area contributed by atoms with Gasteiger partial charge in [-0.15, -0.1) is 0 Å². The van der Waals surface area contributed by atoms with Crippen molar-refractivity contribution in [2.75, 3.05) is 13.1 Å². The molecule has 0 heterocycles. The second-order valence-electron chi connectivity index (χ2n) is 4.17. The lowest BCUT2D eigenvalue weighted by atomic mass is 10.2. The normalized spacial score (nSPS) is 26.3. The highest BCUT2D eigenvalue weighted by Crippen LogP contribution is 2.32. The minimum atomic E-state index is 0.855. The van der Waals surface area contributed by atoms with E-state index in [-0.39, 0.29) is 0 Å². The molecule has 13 heavy (non-hydrogen) atoms. The minimum absolute atomic E-state index is 0.855. The molecule has 1 saturated carbocycles. The van der Waals surface area contributed by atoms with E-state index in [9.17, 15) is 0 Å². The molecule has 0 radical (unpaired) electrons. The van der Waals surface area contributed by atoms with E-state index in [0.717, 1.165) is 18.5 Å². The van der Waals surface area contributed by atoms with E-state index in [2.05, 4.69) is 12.2 Å². The van der Waals surface area contributed by atoms with Gasteiger partial charge >= 0.3 is 0 Å². The summed E-state index contributed by atoms with van der Waals surface area (Å²) in [6, 6.07) is 0.861. The number of rotatable bonds is 8. The fourth-order valence-corrected chi connectivity index (χ4v) is 1.86. The molecular formula is C11H24N2. The van der Waals surface area contributed by atoms with E-state index >= 15 is 0 Å². The molecule has 0 aromatic carbocycles. The van der Waals surface area contributed by atoms with Crippen LogP contribution >= 0.6 is 0 Å². The number of hydrogen-bond donors (Lipinski definition) is 2. The Hall–Kier alpha value is -0.0800. The van der Waals surface area contributed by atoms with Crippen LogP contribution in [-0.2, 0) is 0 Å². The van der Waals surface area contributed by atoms with Crippen molar-refractivity contribution in [1.29, 1.82) is 0 Å². The molecule has 2 unspecified atom stereocenters. The van der Waals surface area contributed by atoms with Gasteiger partial charge in [0.2, 0.25) is 0 Å². The summed E-state index contributed by atoms with van der Waals surface area (Å²) in [7, 11) is 0. The van der Waals surface area contributed by atoms with Gasteiger partial charge in [0.15, 0.2) is 0 Å². The maximum Gasteiger partial charge on any atom is 0.00990 e. The fourth-order valence-electron chi connectivity index (χ4n) is 1.86. The van der Waals surface area contributed by atoms with Crippen LogP contribution in [0.25, 0.3) is 0 Å². The van der Waals surface area contributed by atoms with Crippen LogP contribution in [0.1, 0.15) is 45.4 Å². The lowest BCUT2D eigenvalue weighted by Gasteiger charge is -2.02. The molecule has 0 aliphatic heterocycles. The Morgan fingerprint density at radius 1 is 1.23 bits per heavy atom. The summed E-state index contributed by atoms with van der Waals surface area (Å²) in [5.41, 5.74) is 5.42. The predicted molar refractivity (Wildman–Crippen MR) is 57.7 cm³/mol. The Morgan fingerprint density at radius 2 is 2.00 bits per heavy atom. The van der Waals surface area contributed by atoms with E-state index in [1.807, 2.05) is 0 Å². The van der Waals surface area contributed by atoms with E-state index in [0.29, 0.717) is 0 Å². The first kappa shape index (κ1) is 11.0. The third-order valence-corrected chi connectivity index (χ3v) is 2.98. The average Bonchev–Trinajstić information content (AvgIpc) is 2.90. The summed E-state index contributed by atoms with van der Waals surface area (Å²) in [6.07, 6.45) is 7.94. The Balaban J connectivity index is 1.75. The summed E-state index contributed by atoms with van der Waals surface area (Å²) in [6.45, 7) is 4.35. The van der Waals surface area contributed by atoms with Crippen LogP contribution in [0.15, 0.2) is 0 Å². The van der Waals surface area contributed by atoms with Crippen LogP contribution in [0, 0.1) is 5.92 Å². The van der Waals surface area contributed by atoms with Crippen LogP contribution in [0.4, 0.5) is 0 Å². The molecule has 0 bridgehead atoms. The summed E-state index contributed by atoms with van der Waals surface area (Å²) >= 11 is 0. The van der Waals surface area contributed by atoms with E-state index in [1.165, 1.54) is 45.1 Å². The van der Waals surface area contributed by atoms with Gasteiger partial charge in [0.05, 0.1) is 0 Å². The topological polar surface area (TPSA) is 38.0 Å². The van der Waals surface area contributed by atoms with Crippen LogP contribution in [0.2, 0.25) is 0 Å². The zero-order chi connectivity index (χ0) is 9.52. The van der Waals surface area contributed by atoms with E-state index in [4.69, 9.17) is 5.73 Å². The molecule has 2 atom stereocenters. The van der Waals surface area contributed by atoms with Gasteiger partial charge in [-0.25, -0.2) is 0 Å². The first-order chi connectivity index (χ1) is 6.38. The highest BCUT2D eigenvalue weighted by Gasteiger charge is 2.34. The summed E-state index contributed by atoms with van der Waals surface area (Å²) in [5.74, 6) is 0.990. The highest BCUT2D eigenvalue weighted by molar-refractivity contribution is 4.91. The van der Waals surface area contributed by atoms with Gasteiger partial charge in [-0.3, -0.25) is 0 Å². The Bertz CT molecular complexity index is 125. The number of nitrogens with two attached hydrogens (primary N) is 1. The lowest BCUT2D eigenvalue weighted by Crippen LogP contribution is -2.19. The Kier molecular flexibility index (Phi) is 5.40. The van der Waals surface area contributed by atoms with Gasteiger partial charge in [-0.05, 0) is 38.3 Å². The monoisotopic (exact) mass is 184 g/mol. The van der Waals surface area contributed by atoms with Crippen molar-refractivity contribution in [3.05, 3.63) is 0 Å². The fraction of sp³-hybridized carbons (Fsp3) is 1.00. The molecule has 0 aromatic rings. The van der Waals surface area contributed by atoms with E-state index in [1.54, 1.807) is 0 Å². The van der Waals surface area contributed by atoms with Gasteiger partial charge in [-0.2, -0.15) is 0 Å². The Labute approximate surface area is 82.3 Å². The molecule has 3 N–H and O–H groups in total. The van der Waals surface area contributed by atoms with Crippen molar-refractivity contribution in [2.45, 2.75) is 51.5 Å². The van der Waals surface area contributed by atoms with Gasteiger partial charge < -0.3 is 11.1 Å². The molecule has 0 amide bonds. The number of nitrogens with one attached hydrogen (secondary N) is 1. The maximum atomic E-state index is 5.42. The third-order valence-electron chi connectivity index (χ3n) is 2.98. The van der Waals surface area contributed by atoms with Gasteiger partial charge in [0, 0.05) is 6.04 Å². The maximum absolute atomic E-state index is 5.42. The molecule has 2 nitrogen and oxygen atoms in total.